The van der Waals surface area contributed by atoms with Gasteiger partial charge in [0.1, 0.15) is 5.75 Å². The van der Waals surface area contributed by atoms with Crippen LogP contribution < -0.4 is 5.73 Å². The van der Waals surface area contributed by atoms with Crippen molar-refractivity contribution in [3.63, 3.8) is 0 Å². The lowest BCUT2D eigenvalue weighted by atomic mass is 10.2. The van der Waals surface area contributed by atoms with Gasteiger partial charge in [-0.2, -0.15) is 0 Å². The minimum atomic E-state index is 0.329. The maximum atomic E-state index is 8.76. The zero-order chi connectivity index (χ0) is 7.98. The Labute approximate surface area is 61.3 Å². The van der Waals surface area contributed by atoms with Gasteiger partial charge in [-0.15, -0.1) is 0 Å². The molecule has 0 amide bonds. The van der Waals surface area contributed by atoms with Crippen molar-refractivity contribution in [1.82, 2.24) is 0 Å². The maximum absolute atomic E-state index is 8.76. The molecule has 0 unspecified atom stereocenters. The van der Waals surface area contributed by atoms with Crippen LogP contribution in [0.4, 0.5) is 0 Å². The minimum Gasteiger partial charge on any atom is -0.508 e. The normalized spacial score (nSPS) is 7.90. The molecule has 0 aliphatic rings. The molecule has 2 heteroatoms. The number of phenolic OH excluding ortho intramolecular Hbond substituents is 1. The number of phenols is 1. The summed E-state index contributed by atoms with van der Waals surface area (Å²) in [4.78, 5) is 0. The second-order valence-corrected chi connectivity index (χ2v) is 1.84. The van der Waals surface area contributed by atoms with Crippen molar-refractivity contribution in [2.45, 2.75) is 6.92 Å². The summed E-state index contributed by atoms with van der Waals surface area (Å²) in [5.41, 5.74) is 5.67. The first-order valence-corrected chi connectivity index (χ1v) is 3.12. The number of aryl methyl sites for hydroxylation is 1. The van der Waals surface area contributed by atoms with Gasteiger partial charge >= 0.3 is 0 Å². The van der Waals surface area contributed by atoms with Crippen molar-refractivity contribution in [3.05, 3.63) is 29.8 Å². The molecule has 0 saturated heterocycles. The average molecular weight is 139 g/mol. The number of nitrogens with two attached hydrogens (primary N) is 1. The number of hydrogen-bond donors (Lipinski definition) is 2. The van der Waals surface area contributed by atoms with E-state index in [2.05, 4.69) is 5.73 Å². The van der Waals surface area contributed by atoms with Crippen molar-refractivity contribution in [1.29, 1.82) is 0 Å². The lowest BCUT2D eigenvalue weighted by Crippen LogP contribution is -1.69. The summed E-state index contributed by atoms with van der Waals surface area (Å²) in [7, 11) is 1.50. The van der Waals surface area contributed by atoms with Gasteiger partial charge in [0.2, 0.25) is 0 Å². The quantitative estimate of drug-likeness (QED) is 0.568. The van der Waals surface area contributed by atoms with E-state index in [0.717, 1.165) is 0 Å². The first kappa shape index (κ1) is 8.98. The molecule has 0 aliphatic heterocycles. The fourth-order valence-electron chi connectivity index (χ4n) is 0.545. The molecule has 0 radical (unpaired) electrons. The minimum absolute atomic E-state index is 0.329. The third-order valence-corrected chi connectivity index (χ3v) is 1.03. The lowest BCUT2D eigenvalue weighted by Gasteiger charge is -1.89. The van der Waals surface area contributed by atoms with Crippen LogP contribution in [0, 0.1) is 6.92 Å². The summed E-state index contributed by atoms with van der Waals surface area (Å²) in [6, 6.07) is 7.09. The van der Waals surface area contributed by atoms with E-state index in [9.17, 15) is 0 Å². The van der Waals surface area contributed by atoms with Gasteiger partial charge in [-0.25, -0.2) is 0 Å². The summed E-state index contributed by atoms with van der Waals surface area (Å²) in [6.07, 6.45) is 0. The Morgan fingerprint density at radius 2 is 1.50 bits per heavy atom. The Morgan fingerprint density at radius 1 is 1.10 bits per heavy atom. The summed E-state index contributed by atoms with van der Waals surface area (Å²) in [6.45, 7) is 1.99. The van der Waals surface area contributed by atoms with Crippen LogP contribution in [-0.4, -0.2) is 12.2 Å². The number of rotatable bonds is 0. The number of benzene rings is 1. The zero-order valence-corrected chi connectivity index (χ0v) is 6.33. The van der Waals surface area contributed by atoms with Gasteiger partial charge < -0.3 is 10.8 Å². The first-order valence-electron chi connectivity index (χ1n) is 3.12. The highest BCUT2D eigenvalue weighted by Crippen LogP contribution is 2.07. The molecule has 10 heavy (non-hydrogen) atoms. The van der Waals surface area contributed by atoms with E-state index < -0.39 is 0 Å². The molecule has 1 rings (SSSR count). The number of aromatic hydroxyl groups is 1. The molecule has 3 N–H and O–H groups in total. The Hall–Kier alpha value is -1.02. The van der Waals surface area contributed by atoms with E-state index in [1.54, 1.807) is 12.1 Å². The highest BCUT2D eigenvalue weighted by Gasteiger charge is 1.82. The van der Waals surface area contributed by atoms with E-state index in [1.807, 2.05) is 19.1 Å². The highest BCUT2D eigenvalue weighted by atomic mass is 16.3. The van der Waals surface area contributed by atoms with Crippen LogP contribution in [0.1, 0.15) is 5.56 Å². The van der Waals surface area contributed by atoms with Gasteiger partial charge in [-0.3, -0.25) is 0 Å². The van der Waals surface area contributed by atoms with Crippen LogP contribution in [0.3, 0.4) is 0 Å². The average Bonchev–Trinajstić information content (AvgIpc) is 2.00. The summed E-state index contributed by atoms with van der Waals surface area (Å²) < 4.78 is 0. The standard InChI is InChI=1S/C7H8O.CH5N/c1-6-2-4-7(8)5-3-6;1-2/h2-5,8H,1H3;2H2,1H3. The van der Waals surface area contributed by atoms with E-state index in [4.69, 9.17) is 5.11 Å². The van der Waals surface area contributed by atoms with Crippen LogP contribution in [0.25, 0.3) is 0 Å². The fourth-order valence-corrected chi connectivity index (χ4v) is 0.545. The Balaban J connectivity index is 0.000000371. The van der Waals surface area contributed by atoms with Gasteiger partial charge in [0, 0.05) is 0 Å². The molecule has 2 nitrogen and oxygen atoms in total. The molecule has 0 bridgehead atoms. The zero-order valence-electron chi connectivity index (χ0n) is 6.33. The SMILES string of the molecule is CN.Cc1ccc(O)cc1. The van der Waals surface area contributed by atoms with Crippen LogP contribution >= 0.6 is 0 Å². The Morgan fingerprint density at radius 3 is 1.80 bits per heavy atom. The lowest BCUT2D eigenvalue weighted by molar-refractivity contribution is 0.475. The largest absolute Gasteiger partial charge is 0.508 e. The molecule has 1 aromatic carbocycles. The second-order valence-electron chi connectivity index (χ2n) is 1.84. The van der Waals surface area contributed by atoms with E-state index >= 15 is 0 Å². The molecule has 0 spiro atoms. The van der Waals surface area contributed by atoms with Gasteiger partial charge in [0.25, 0.3) is 0 Å². The fraction of sp³-hybridized carbons (Fsp3) is 0.250. The van der Waals surface area contributed by atoms with Gasteiger partial charge in [-0.05, 0) is 26.1 Å². The first-order chi connectivity index (χ1) is 4.79. The predicted octanol–water partition coefficient (Wildman–Crippen LogP) is 1.28. The van der Waals surface area contributed by atoms with Crippen molar-refractivity contribution in [2.24, 2.45) is 5.73 Å². The molecular weight excluding hydrogens is 126 g/mol. The second kappa shape index (κ2) is 4.82. The molecule has 0 aliphatic carbocycles. The highest BCUT2D eigenvalue weighted by molar-refractivity contribution is 5.24. The smallest absolute Gasteiger partial charge is 0.115 e. The molecular formula is C8H13NO. The van der Waals surface area contributed by atoms with Gasteiger partial charge in [0.05, 0.1) is 0 Å². The maximum Gasteiger partial charge on any atom is 0.115 e. The third-order valence-electron chi connectivity index (χ3n) is 1.03. The van der Waals surface area contributed by atoms with Crippen LogP contribution in [0.5, 0.6) is 5.75 Å². The predicted molar refractivity (Wildman–Crippen MR) is 43.0 cm³/mol. The van der Waals surface area contributed by atoms with Crippen LogP contribution in [0.2, 0.25) is 0 Å². The van der Waals surface area contributed by atoms with E-state index in [-0.39, 0.29) is 0 Å². The Kier molecular flexibility index (Phi) is 4.33. The van der Waals surface area contributed by atoms with E-state index in [0.29, 0.717) is 5.75 Å². The van der Waals surface area contributed by atoms with Gasteiger partial charge in [0.15, 0.2) is 0 Å². The molecule has 56 valence electrons. The summed E-state index contributed by atoms with van der Waals surface area (Å²) in [5, 5.41) is 8.76. The Bertz CT molecular complexity index is 148. The number of hydrogen-bond acceptors (Lipinski definition) is 2. The van der Waals surface area contributed by atoms with Gasteiger partial charge in [-0.1, -0.05) is 17.7 Å². The monoisotopic (exact) mass is 139 g/mol. The van der Waals surface area contributed by atoms with E-state index in [1.165, 1.54) is 12.6 Å². The molecule has 0 saturated carbocycles. The summed E-state index contributed by atoms with van der Waals surface area (Å²) in [5.74, 6) is 0.329. The van der Waals surface area contributed by atoms with Crippen LogP contribution in [-0.2, 0) is 0 Å². The van der Waals surface area contributed by atoms with Crippen molar-refractivity contribution < 1.29 is 5.11 Å². The van der Waals surface area contributed by atoms with Crippen LogP contribution in [0.15, 0.2) is 24.3 Å². The third kappa shape index (κ3) is 3.10. The summed E-state index contributed by atoms with van der Waals surface area (Å²) >= 11 is 0. The van der Waals surface area contributed by atoms with Crippen molar-refractivity contribution in [2.75, 3.05) is 7.05 Å². The topological polar surface area (TPSA) is 46.2 Å². The molecule has 0 atom stereocenters. The molecule has 0 heterocycles. The van der Waals surface area contributed by atoms with Crippen molar-refractivity contribution >= 4 is 0 Å². The molecule has 1 aromatic rings. The molecule has 0 fully saturated rings. The van der Waals surface area contributed by atoms with Crippen molar-refractivity contribution in [3.8, 4) is 5.75 Å². The molecule has 0 aromatic heterocycles.